The van der Waals surface area contributed by atoms with E-state index in [4.69, 9.17) is 9.73 Å². The van der Waals surface area contributed by atoms with Gasteiger partial charge in [-0.25, -0.2) is 0 Å². The largest absolute Gasteiger partial charge is 0.379 e. The van der Waals surface area contributed by atoms with Crippen LogP contribution in [0.25, 0.3) is 0 Å². The summed E-state index contributed by atoms with van der Waals surface area (Å²) in [5, 5.41) is 3.40. The van der Waals surface area contributed by atoms with Crippen LogP contribution in [0, 0.1) is 5.92 Å². The van der Waals surface area contributed by atoms with Gasteiger partial charge in [0, 0.05) is 52.9 Å². The van der Waals surface area contributed by atoms with Crippen molar-refractivity contribution in [2.75, 3.05) is 53.0 Å². The molecule has 0 unspecified atom stereocenters. The molecule has 2 aliphatic rings. The number of fused-ring (bicyclic) bond motifs is 1. The molecule has 5 nitrogen and oxygen atoms in total. The number of hydrogen-bond acceptors (Lipinski definition) is 3. The molecular weight excluding hydrogens is 336 g/mol. The second kappa shape index (κ2) is 10.7. The minimum atomic E-state index is 0.782. The van der Waals surface area contributed by atoms with Crippen LogP contribution < -0.4 is 5.32 Å². The summed E-state index contributed by atoms with van der Waals surface area (Å²) >= 11 is 0. The molecule has 0 bridgehead atoms. The van der Waals surface area contributed by atoms with E-state index in [1.54, 1.807) is 0 Å². The maximum Gasteiger partial charge on any atom is 0.193 e. The molecule has 0 amide bonds. The fourth-order valence-corrected chi connectivity index (χ4v) is 3.54. The van der Waals surface area contributed by atoms with Gasteiger partial charge < -0.3 is 15.0 Å². The first-order valence-corrected chi connectivity index (χ1v) is 10.6. The van der Waals surface area contributed by atoms with Crippen LogP contribution >= 0.6 is 0 Å². The Labute approximate surface area is 164 Å². The van der Waals surface area contributed by atoms with Crippen LogP contribution in [0.15, 0.2) is 29.3 Å². The van der Waals surface area contributed by atoms with Crippen LogP contribution in [0.1, 0.15) is 37.3 Å². The van der Waals surface area contributed by atoms with Crippen LogP contribution in [0.4, 0.5) is 0 Å². The molecule has 1 aliphatic heterocycles. The van der Waals surface area contributed by atoms with Gasteiger partial charge >= 0.3 is 0 Å². The Hall–Kier alpha value is -1.59. The van der Waals surface area contributed by atoms with E-state index in [2.05, 4.69) is 53.4 Å². The molecular formula is C22H36N4O. The van der Waals surface area contributed by atoms with E-state index < -0.39 is 0 Å². The summed E-state index contributed by atoms with van der Waals surface area (Å²) in [6, 6.07) is 8.84. The third kappa shape index (κ3) is 6.82. The molecule has 5 heteroatoms. The number of benzene rings is 1. The highest BCUT2D eigenvalue weighted by molar-refractivity contribution is 5.79. The Morgan fingerprint density at radius 1 is 1.30 bits per heavy atom. The monoisotopic (exact) mass is 372 g/mol. The number of likely N-dealkylation sites (N-methyl/N-ethyl adjacent to an activating group) is 1. The number of nitrogens with one attached hydrogen (secondary N) is 1. The second-order valence-electron chi connectivity index (χ2n) is 7.82. The van der Waals surface area contributed by atoms with E-state index in [1.807, 2.05) is 0 Å². The Kier molecular flexibility index (Phi) is 7.96. The first-order valence-electron chi connectivity index (χ1n) is 10.6. The van der Waals surface area contributed by atoms with Crippen molar-refractivity contribution in [1.29, 1.82) is 0 Å². The lowest BCUT2D eigenvalue weighted by molar-refractivity contribution is 0.115. The summed E-state index contributed by atoms with van der Waals surface area (Å²) in [5.41, 5.74) is 3.01. The molecule has 1 heterocycles. The van der Waals surface area contributed by atoms with Crippen LogP contribution in [-0.4, -0.2) is 68.7 Å². The maximum atomic E-state index is 5.76. The molecule has 1 N–H and O–H groups in total. The van der Waals surface area contributed by atoms with Gasteiger partial charge in [0.2, 0.25) is 0 Å². The fraction of sp³-hybridized carbons (Fsp3) is 0.682. The van der Waals surface area contributed by atoms with E-state index in [1.165, 1.54) is 36.9 Å². The smallest absolute Gasteiger partial charge is 0.193 e. The summed E-state index contributed by atoms with van der Waals surface area (Å²) in [6.07, 6.45) is 4.97. The Morgan fingerprint density at radius 2 is 2.11 bits per heavy atom. The van der Waals surface area contributed by atoms with Crippen LogP contribution in [0.3, 0.4) is 0 Å². The third-order valence-electron chi connectivity index (χ3n) is 5.42. The summed E-state index contributed by atoms with van der Waals surface area (Å²) in [5.74, 6) is 1.83. The highest BCUT2D eigenvalue weighted by Crippen LogP contribution is 2.28. The Morgan fingerprint density at radius 3 is 2.89 bits per heavy atom. The highest BCUT2D eigenvalue weighted by atomic mass is 16.5. The number of ether oxygens (including phenoxy) is 1. The maximum absolute atomic E-state index is 5.76. The van der Waals surface area contributed by atoms with E-state index in [9.17, 15) is 0 Å². The fourth-order valence-electron chi connectivity index (χ4n) is 3.54. The predicted octanol–water partition coefficient (Wildman–Crippen LogP) is 2.76. The zero-order valence-electron chi connectivity index (χ0n) is 17.1. The SMILES string of the molecule is CCNC(=NCCCN1CCc2ccccc2C1)N(C)CCOCC1CC1. The average Bonchev–Trinajstić information content (AvgIpc) is 3.52. The molecule has 0 radical (unpaired) electrons. The van der Waals surface area contributed by atoms with Crippen molar-refractivity contribution in [2.45, 2.75) is 39.2 Å². The minimum Gasteiger partial charge on any atom is -0.379 e. The van der Waals surface area contributed by atoms with Gasteiger partial charge in [0.05, 0.1) is 6.61 Å². The molecule has 0 spiro atoms. The molecule has 27 heavy (non-hydrogen) atoms. The van der Waals surface area contributed by atoms with Gasteiger partial charge in [-0.05, 0) is 49.7 Å². The average molecular weight is 373 g/mol. The lowest BCUT2D eigenvalue weighted by atomic mass is 10.00. The number of aliphatic imine (C=N–C) groups is 1. The Bertz CT molecular complexity index is 600. The lowest BCUT2D eigenvalue weighted by Crippen LogP contribution is -2.40. The molecule has 1 aromatic carbocycles. The summed E-state index contributed by atoms with van der Waals surface area (Å²) in [6.45, 7) is 9.86. The van der Waals surface area contributed by atoms with Gasteiger partial charge in [0.1, 0.15) is 0 Å². The zero-order chi connectivity index (χ0) is 18.9. The van der Waals surface area contributed by atoms with E-state index >= 15 is 0 Å². The van der Waals surface area contributed by atoms with Gasteiger partial charge in [0.15, 0.2) is 5.96 Å². The van der Waals surface area contributed by atoms with Crippen molar-refractivity contribution in [1.82, 2.24) is 15.1 Å². The molecule has 1 saturated carbocycles. The van der Waals surface area contributed by atoms with Crippen molar-refractivity contribution in [2.24, 2.45) is 10.9 Å². The number of nitrogens with zero attached hydrogens (tertiary/aromatic N) is 3. The summed E-state index contributed by atoms with van der Waals surface area (Å²) in [4.78, 5) is 9.56. The summed E-state index contributed by atoms with van der Waals surface area (Å²) in [7, 11) is 2.10. The lowest BCUT2D eigenvalue weighted by Gasteiger charge is -2.28. The van der Waals surface area contributed by atoms with Crippen molar-refractivity contribution >= 4 is 5.96 Å². The molecule has 3 rings (SSSR count). The first kappa shape index (κ1) is 20.2. The first-order chi connectivity index (χ1) is 13.3. The van der Waals surface area contributed by atoms with Gasteiger partial charge in [-0.2, -0.15) is 0 Å². The van der Waals surface area contributed by atoms with Crippen LogP contribution in [0.5, 0.6) is 0 Å². The molecule has 0 atom stereocenters. The zero-order valence-corrected chi connectivity index (χ0v) is 17.1. The molecule has 1 aromatic rings. The minimum absolute atomic E-state index is 0.782. The predicted molar refractivity (Wildman–Crippen MR) is 112 cm³/mol. The van der Waals surface area contributed by atoms with E-state index in [0.717, 1.165) is 64.2 Å². The number of hydrogen-bond donors (Lipinski definition) is 1. The van der Waals surface area contributed by atoms with E-state index in [-0.39, 0.29) is 0 Å². The van der Waals surface area contributed by atoms with E-state index in [0.29, 0.717) is 0 Å². The Balaban J connectivity index is 1.36. The van der Waals surface area contributed by atoms with Crippen molar-refractivity contribution in [3.8, 4) is 0 Å². The highest BCUT2D eigenvalue weighted by Gasteiger charge is 2.21. The van der Waals surface area contributed by atoms with Crippen LogP contribution in [0.2, 0.25) is 0 Å². The van der Waals surface area contributed by atoms with Gasteiger partial charge in [-0.15, -0.1) is 0 Å². The van der Waals surface area contributed by atoms with Crippen molar-refractivity contribution < 1.29 is 4.74 Å². The van der Waals surface area contributed by atoms with Gasteiger partial charge in [0.25, 0.3) is 0 Å². The molecule has 150 valence electrons. The van der Waals surface area contributed by atoms with Gasteiger partial charge in [-0.1, -0.05) is 24.3 Å². The van der Waals surface area contributed by atoms with Crippen LogP contribution in [-0.2, 0) is 17.7 Å². The van der Waals surface area contributed by atoms with Gasteiger partial charge in [-0.3, -0.25) is 9.89 Å². The quantitative estimate of drug-likeness (QED) is 0.389. The third-order valence-corrected chi connectivity index (χ3v) is 5.42. The van der Waals surface area contributed by atoms with Crippen molar-refractivity contribution in [3.05, 3.63) is 35.4 Å². The summed E-state index contributed by atoms with van der Waals surface area (Å²) < 4.78 is 5.76. The number of guanidine groups is 1. The van der Waals surface area contributed by atoms with Crippen molar-refractivity contribution in [3.63, 3.8) is 0 Å². The molecule has 1 aliphatic carbocycles. The molecule has 0 aromatic heterocycles. The second-order valence-corrected chi connectivity index (χ2v) is 7.82. The normalized spacial score (nSPS) is 17.6. The number of rotatable bonds is 10. The molecule has 0 saturated heterocycles. The standard InChI is InChI=1S/C22H36N4O/c1-3-23-22(25(2)15-16-27-18-19-9-10-19)24-12-6-13-26-14-11-20-7-4-5-8-21(20)17-26/h4-5,7-8,19H,3,6,9-18H2,1-2H3,(H,23,24). The topological polar surface area (TPSA) is 40.1 Å². The molecule has 1 fully saturated rings.